The molecule has 18 heteroatoms. The molecule has 8 unspecified atom stereocenters. The maximum Gasteiger partial charge on any atom is 0.422 e. The second-order valence-electron chi connectivity index (χ2n) is 18.2. The Hall–Kier alpha value is -5.66. The van der Waals surface area contributed by atoms with Crippen molar-refractivity contribution in [2.45, 2.75) is 120 Å². The van der Waals surface area contributed by atoms with E-state index in [0.29, 0.717) is 35.1 Å². The van der Waals surface area contributed by atoms with E-state index in [1.54, 1.807) is 45.0 Å². The SMILES string of the molecule is CC(C)(C)OC(=O)CCC(CO)NC(=O)C1CCCN1C(=O)C12CC3OC(=O)C1N(Cc1ccc(C=CC(=O)OCC(F)(F)F)cc1)OC2C1OC(c2ccccc2)(c2ccccc2)OC31. The molecule has 5 fully saturated rings. The number of hydroxylamine groups is 2. The lowest BCUT2D eigenvalue weighted by Gasteiger charge is -2.50. The molecule has 2 N–H and O–H groups in total. The largest absolute Gasteiger partial charge is 0.460 e. The second-order valence-corrected chi connectivity index (χ2v) is 18.2. The Morgan fingerprint density at radius 3 is 2.21 bits per heavy atom. The summed E-state index contributed by atoms with van der Waals surface area (Å²) in [6, 6.07) is 22.0. The van der Waals surface area contributed by atoms with Crippen molar-refractivity contribution in [2.24, 2.45) is 5.41 Å². The Morgan fingerprint density at radius 1 is 0.939 bits per heavy atom. The smallest absolute Gasteiger partial charge is 0.422 e. The van der Waals surface area contributed by atoms with Gasteiger partial charge in [-0.3, -0.25) is 24.0 Å². The van der Waals surface area contributed by atoms with Crippen molar-refractivity contribution in [1.82, 2.24) is 15.3 Å². The number of alkyl halides is 3. The minimum atomic E-state index is -4.67. The van der Waals surface area contributed by atoms with Crippen molar-refractivity contribution >= 4 is 35.8 Å². The molecule has 4 aliphatic heterocycles. The predicted octanol–water partition coefficient (Wildman–Crippen LogP) is 4.88. The molecular weight excluding hydrogens is 868 g/mol. The summed E-state index contributed by atoms with van der Waals surface area (Å²) in [7, 11) is 0. The number of nitrogens with zero attached hydrogens (tertiary/aromatic N) is 2. The highest BCUT2D eigenvalue weighted by Gasteiger charge is 2.77. The van der Waals surface area contributed by atoms with Crippen LogP contribution in [0.4, 0.5) is 13.2 Å². The summed E-state index contributed by atoms with van der Waals surface area (Å²) in [5, 5.41) is 14.4. The van der Waals surface area contributed by atoms with Gasteiger partial charge in [0.05, 0.1) is 19.2 Å². The Bertz CT molecular complexity index is 2270. The number of rotatable bonds is 14. The van der Waals surface area contributed by atoms with Gasteiger partial charge >= 0.3 is 24.1 Å². The molecule has 4 heterocycles. The summed E-state index contributed by atoms with van der Waals surface area (Å²) in [6.07, 6.45) is -5.70. The second kappa shape index (κ2) is 18.6. The minimum Gasteiger partial charge on any atom is -0.460 e. The van der Waals surface area contributed by atoms with Crippen LogP contribution in [-0.2, 0) is 64.8 Å². The van der Waals surface area contributed by atoms with E-state index in [1.165, 1.54) is 16.0 Å². The number of amides is 2. The van der Waals surface area contributed by atoms with Crippen molar-refractivity contribution in [3.8, 4) is 0 Å². The number of esters is 3. The monoisotopic (exact) mass is 919 g/mol. The highest BCUT2D eigenvalue weighted by atomic mass is 19.4. The third kappa shape index (κ3) is 9.47. The average molecular weight is 920 g/mol. The van der Waals surface area contributed by atoms with E-state index >= 15 is 4.79 Å². The first-order valence-electron chi connectivity index (χ1n) is 22.0. The maximum absolute atomic E-state index is 15.6. The molecule has 2 bridgehead atoms. The molecule has 5 aliphatic rings. The molecule has 352 valence electrons. The average Bonchev–Trinajstić information content (AvgIpc) is 4.03. The molecule has 0 radical (unpaired) electrons. The number of aliphatic hydroxyl groups is 1. The molecule has 15 nitrogen and oxygen atoms in total. The molecular formula is C48H52F3N3O12. The molecule has 3 aromatic rings. The molecule has 4 saturated heterocycles. The van der Waals surface area contributed by atoms with Gasteiger partial charge < -0.3 is 39.0 Å². The topological polar surface area (TPSA) is 179 Å². The lowest BCUT2D eigenvalue weighted by molar-refractivity contribution is -0.214. The number of benzene rings is 3. The molecule has 8 atom stereocenters. The first kappa shape index (κ1) is 46.9. The lowest BCUT2D eigenvalue weighted by atomic mass is 9.62. The van der Waals surface area contributed by atoms with Gasteiger partial charge in [0.25, 0.3) is 0 Å². The Kier molecular flexibility index (Phi) is 13.2. The van der Waals surface area contributed by atoms with Crippen molar-refractivity contribution in [3.05, 3.63) is 113 Å². The molecule has 0 aromatic heterocycles. The zero-order valence-electron chi connectivity index (χ0n) is 36.6. The normalized spacial score (nSPS) is 27.3. The number of halogens is 3. The fourth-order valence-electron chi connectivity index (χ4n) is 9.69. The third-order valence-electron chi connectivity index (χ3n) is 12.5. The zero-order valence-corrected chi connectivity index (χ0v) is 36.6. The van der Waals surface area contributed by atoms with Crippen LogP contribution in [0.5, 0.6) is 0 Å². The molecule has 66 heavy (non-hydrogen) atoms. The molecule has 1 aliphatic carbocycles. The summed E-state index contributed by atoms with van der Waals surface area (Å²) < 4.78 is 67.4. The summed E-state index contributed by atoms with van der Waals surface area (Å²) in [6.45, 7) is 3.18. The highest BCUT2D eigenvalue weighted by Crippen LogP contribution is 2.60. The molecule has 2 amide bonds. The fourth-order valence-corrected chi connectivity index (χ4v) is 9.69. The molecule has 0 spiro atoms. The minimum absolute atomic E-state index is 0.0260. The van der Waals surface area contributed by atoms with Crippen LogP contribution < -0.4 is 5.32 Å². The number of hydrogen-bond acceptors (Lipinski definition) is 13. The predicted molar refractivity (Wildman–Crippen MR) is 226 cm³/mol. The van der Waals surface area contributed by atoms with Gasteiger partial charge in [-0.2, -0.15) is 18.2 Å². The van der Waals surface area contributed by atoms with Crippen LogP contribution in [0.1, 0.15) is 75.1 Å². The zero-order chi connectivity index (χ0) is 47.0. The number of aliphatic hydroxyl groups excluding tert-OH is 1. The van der Waals surface area contributed by atoms with E-state index in [0.717, 1.165) is 6.08 Å². The maximum atomic E-state index is 15.6. The van der Waals surface area contributed by atoms with Crippen molar-refractivity contribution in [1.29, 1.82) is 0 Å². The Morgan fingerprint density at radius 2 is 1.59 bits per heavy atom. The van der Waals surface area contributed by atoms with E-state index in [-0.39, 0.29) is 32.4 Å². The summed E-state index contributed by atoms with van der Waals surface area (Å²) in [5.41, 5.74) is 0.0175. The standard InChI is InChI=1S/C48H52F3N3O12/c1-45(2,3)63-37(57)23-21-33(27-55)52-42(58)34-15-10-24-53(34)44(60)46-25-35-38-39(65-48(64-38,31-11-6-4-7-12-31)32-13-8-5-9-14-32)41(46)66-54(40(46)43(59)62-35)26-30-18-16-29(17-19-30)20-22-36(56)61-28-47(49,50)51/h4-9,11-14,16-20,22,33-35,38-41,55H,10,15,21,23-28H2,1-3H3,(H,52,58). The van der Waals surface area contributed by atoms with Gasteiger partial charge in [-0.25, -0.2) is 4.79 Å². The van der Waals surface area contributed by atoms with Crippen molar-refractivity contribution in [2.75, 3.05) is 19.8 Å². The van der Waals surface area contributed by atoms with Crippen LogP contribution in [0, 0.1) is 5.41 Å². The Balaban J connectivity index is 1.10. The van der Waals surface area contributed by atoms with Crippen molar-refractivity contribution in [3.63, 3.8) is 0 Å². The summed E-state index contributed by atoms with van der Waals surface area (Å²) >= 11 is 0. The van der Waals surface area contributed by atoms with E-state index in [2.05, 4.69) is 10.1 Å². The van der Waals surface area contributed by atoms with Gasteiger partial charge in [0.1, 0.15) is 41.5 Å². The number of nitrogens with one attached hydrogen (secondary N) is 1. The van der Waals surface area contributed by atoms with E-state index in [9.17, 15) is 37.5 Å². The first-order valence-corrected chi connectivity index (χ1v) is 22.0. The first-order chi connectivity index (χ1) is 31.4. The quantitative estimate of drug-likeness (QED) is 0.127. The lowest BCUT2D eigenvalue weighted by Crippen LogP contribution is -2.70. The third-order valence-corrected chi connectivity index (χ3v) is 12.5. The summed E-state index contributed by atoms with van der Waals surface area (Å²) in [4.78, 5) is 76.9. The number of likely N-dealkylation sites (tertiary alicyclic amines) is 1. The van der Waals surface area contributed by atoms with Gasteiger partial charge in [0.15, 0.2) is 12.6 Å². The van der Waals surface area contributed by atoms with Crippen LogP contribution >= 0.6 is 0 Å². The van der Waals surface area contributed by atoms with Gasteiger partial charge in [-0.15, -0.1) is 0 Å². The number of fused-ring (bicyclic) bond motifs is 4. The number of hydrogen-bond donors (Lipinski definition) is 2. The molecule has 8 rings (SSSR count). The molecule has 1 saturated carbocycles. The summed E-state index contributed by atoms with van der Waals surface area (Å²) in [5.74, 6) is -4.93. The van der Waals surface area contributed by atoms with Crippen molar-refractivity contribution < 1.29 is 70.8 Å². The number of ether oxygens (including phenoxy) is 5. The van der Waals surface area contributed by atoms with Gasteiger partial charge in [0.2, 0.25) is 17.6 Å². The number of carbonyl (C=O) groups excluding carboxylic acids is 5. The number of carbonyl (C=O) groups is 5. The highest BCUT2D eigenvalue weighted by molar-refractivity contribution is 5.96. The van der Waals surface area contributed by atoms with Gasteiger partial charge in [0, 0.05) is 36.6 Å². The van der Waals surface area contributed by atoms with E-state index in [4.69, 9.17) is 23.8 Å². The van der Waals surface area contributed by atoms with Crippen LogP contribution in [-0.4, -0.2) is 119 Å². The Labute approximate surface area is 379 Å². The van der Waals surface area contributed by atoms with Crippen LogP contribution in [0.2, 0.25) is 0 Å². The van der Waals surface area contributed by atoms with Crippen LogP contribution in [0.25, 0.3) is 6.08 Å². The van der Waals surface area contributed by atoms with E-state index < -0.39 is 108 Å². The van der Waals surface area contributed by atoms with Crippen LogP contribution in [0.15, 0.2) is 91.0 Å². The van der Waals surface area contributed by atoms with Crippen LogP contribution in [0.3, 0.4) is 0 Å². The van der Waals surface area contributed by atoms with Gasteiger partial charge in [-0.1, -0.05) is 84.9 Å². The molecule has 3 aromatic carbocycles. The van der Waals surface area contributed by atoms with E-state index in [1.807, 2.05) is 60.7 Å². The fraction of sp³-hybridized carbons (Fsp3) is 0.479. The van der Waals surface area contributed by atoms with Gasteiger partial charge in [-0.05, 0) is 57.2 Å².